The number of nitrogens with zero attached hydrogens (tertiary/aromatic N) is 1. The predicted molar refractivity (Wildman–Crippen MR) is 81.3 cm³/mol. The molecule has 1 fully saturated rings. The van der Waals surface area contributed by atoms with Crippen molar-refractivity contribution < 1.29 is 22.7 Å². The highest BCUT2D eigenvalue weighted by Crippen LogP contribution is 2.29. The average Bonchev–Trinajstić information content (AvgIpc) is 3.11. The van der Waals surface area contributed by atoms with Crippen LogP contribution in [-0.4, -0.2) is 50.3 Å². The second-order valence-electron chi connectivity index (χ2n) is 5.57. The Morgan fingerprint density at radius 2 is 2.13 bits per heavy atom. The van der Waals surface area contributed by atoms with Crippen molar-refractivity contribution in [3.8, 4) is 0 Å². The van der Waals surface area contributed by atoms with Gasteiger partial charge < -0.3 is 10.1 Å². The molecule has 1 saturated heterocycles. The van der Waals surface area contributed by atoms with E-state index in [0.29, 0.717) is 13.2 Å². The number of sulfonamides is 1. The fraction of sp³-hybridized carbons (Fsp3) is 0.467. The number of hydrogen-bond donors (Lipinski definition) is 1. The molecule has 2 heterocycles. The Balaban J connectivity index is 1.58. The van der Waals surface area contributed by atoms with Gasteiger partial charge in [-0.2, -0.15) is 0 Å². The molecule has 1 aromatic rings. The minimum absolute atomic E-state index is 0.00441. The van der Waals surface area contributed by atoms with E-state index in [-0.39, 0.29) is 35.4 Å². The molecule has 0 unspecified atom stereocenters. The summed E-state index contributed by atoms with van der Waals surface area (Å²) in [5, 5.41) is 2.72. The minimum Gasteiger partial charge on any atom is -0.376 e. The summed E-state index contributed by atoms with van der Waals surface area (Å²) >= 11 is 0. The number of carbonyl (C=O) groups is 2. The Bertz CT molecular complexity index is 725. The van der Waals surface area contributed by atoms with E-state index in [1.54, 1.807) is 12.1 Å². The standard InChI is InChI=1S/C15H18N2O5S/c18-14(16-10-11-4-3-9-22-11)7-8-17-15(19)12-5-1-2-6-13(12)23(17,20)21/h1-2,5-6,11H,3-4,7-10H2,(H,16,18)/t11-/m1/s1. The van der Waals surface area contributed by atoms with Crippen molar-refractivity contribution in [3.05, 3.63) is 29.8 Å². The van der Waals surface area contributed by atoms with Crippen molar-refractivity contribution in [1.29, 1.82) is 0 Å². The fourth-order valence-electron chi connectivity index (χ4n) is 2.78. The summed E-state index contributed by atoms with van der Waals surface area (Å²) in [5.74, 6) is -0.869. The van der Waals surface area contributed by atoms with Gasteiger partial charge in [-0.25, -0.2) is 12.7 Å². The van der Waals surface area contributed by atoms with Gasteiger partial charge in [-0.3, -0.25) is 9.59 Å². The largest absolute Gasteiger partial charge is 0.376 e. The van der Waals surface area contributed by atoms with Crippen LogP contribution in [0.3, 0.4) is 0 Å². The van der Waals surface area contributed by atoms with E-state index in [0.717, 1.165) is 17.1 Å². The lowest BCUT2D eigenvalue weighted by Crippen LogP contribution is -2.36. The van der Waals surface area contributed by atoms with Gasteiger partial charge in [0.1, 0.15) is 4.90 Å². The van der Waals surface area contributed by atoms with Crippen LogP contribution < -0.4 is 5.32 Å². The lowest BCUT2D eigenvalue weighted by molar-refractivity contribution is -0.121. The maximum Gasteiger partial charge on any atom is 0.269 e. The Labute approximate surface area is 134 Å². The molecular weight excluding hydrogens is 320 g/mol. The summed E-state index contributed by atoms with van der Waals surface area (Å²) in [6.07, 6.45) is 1.86. The van der Waals surface area contributed by atoms with Gasteiger partial charge in [0.25, 0.3) is 15.9 Å². The summed E-state index contributed by atoms with van der Waals surface area (Å²) in [4.78, 5) is 24.0. The lowest BCUT2D eigenvalue weighted by atomic mass is 10.2. The van der Waals surface area contributed by atoms with Gasteiger partial charge in [0.2, 0.25) is 5.91 Å². The molecule has 8 heteroatoms. The molecule has 0 aromatic heterocycles. The van der Waals surface area contributed by atoms with Crippen LogP contribution in [0.1, 0.15) is 29.6 Å². The third-order valence-electron chi connectivity index (χ3n) is 4.00. The van der Waals surface area contributed by atoms with Crippen LogP contribution in [0.4, 0.5) is 0 Å². The highest BCUT2D eigenvalue weighted by molar-refractivity contribution is 7.90. The Morgan fingerprint density at radius 1 is 1.35 bits per heavy atom. The van der Waals surface area contributed by atoms with Crippen molar-refractivity contribution in [1.82, 2.24) is 9.62 Å². The van der Waals surface area contributed by atoms with E-state index in [1.165, 1.54) is 12.1 Å². The van der Waals surface area contributed by atoms with E-state index in [9.17, 15) is 18.0 Å². The first-order chi connectivity index (χ1) is 11.0. The second kappa shape index (κ2) is 6.29. The number of fused-ring (bicyclic) bond motifs is 1. The molecule has 1 aromatic carbocycles. The summed E-state index contributed by atoms with van der Waals surface area (Å²) in [7, 11) is -3.84. The van der Waals surface area contributed by atoms with Gasteiger partial charge in [-0.05, 0) is 25.0 Å². The van der Waals surface area contributed by atoms with Crippen LogP contribution in [0.25, 0.3) is 0 Å². The molecular formula is C15H18N2O5S. The molecule has 0 bridgehead atoms. The van der Waals surface area contributed by atoms with Crippen LogP contribution in [0.5, 0.6) is 0 Å². The van der Waals surface area contributed by atoms with Crippen molar-refractivity contribution in [3.63, 3.8) is 0 Å². The SMILES string of the molecule is O=C(CCN1C(=O)c2ccccc2S1(=O)=O)NC[C@H]1CCCO1. The van der Waals surface area contributed by atoms with E-state index < -0.39 is 15.9 Å². The summed E-state index contributed by atoms with van der Waals surface area (Å²) < 4.78 is 30.8. The second-order valence-corrected chi connectivity index (χ2v) is 7.40. The van der Waals surface area contributed by atoms with Crippen molar-refractivity contribution in [2.24, 2.45) is 0 Å². The van der Waals surface area contributed by atoms with Gasteiger partial charge >= 0.3 is 0 Å². The predicted octanol–water partition coefficient (Wildman–Crippen LogP) is 0.516. The number of carbonyl (C=O) groups excluding carboxylic acids is 2. The summed E-state index contributed by atoms with van der Waals surface area (Å²) in [6.45, 7) is 0.965. The molecule has 7 nitrogen and oxygen atoms in total. The summed E-state index contributed by atoms with van der Waals surface area (Å²) in [6, 6.07) is 6.07. The quantitative estimate of drug-likeness (QED) is 0.845. The zero-order valence-corrected chi connectivity index (χ0v) is 13.3. The monoisotopic (exact) mass is 338 g/mol. The molecule has 0 spiro atoms. The minimum atomic E-state index is -3.84. The van der Waals surface area contributed by atoms with Crippen LogP contribution >= 0.6 is 0 Å². The Morgan fingerprint density at radius 3 is 2.83 bits per heavy atom. The summed E-state index contributed by atoms with van der Waals surface area (Å²) in [5.41, 5.74) is 0.160. The number of amides is 2. The Kier molecular flexibility index (Phi) is 4.36. The normalized spacial score (nSPS) is 22.2. The highest BCUT2D eigenvalue weighted by Gasteiger charge is 2.40. The van der Waals surface area contributed by atoms with Crippen LogP contribution in [-0.2, 0) is 19.6 Å². The molecule has 124 valence electrons. The van der Waals surface area contributed by atoms with E-state index >= 15 is 0 Å². The molecule has 1 atom stereocenters. The maximum atomic E-state index is 12.3. The van der Waals surface area contributed by atoms with Gasteiger partial charge in [0, 0.05) is 26.1 Å². The van der Waals surface area contributed by atoms with E-state index in [1.807, 2.05) is 0 Å². The molecule has 2 amide bonds. The van der Waals surface area contributed by atoms with Gasteiger partial charge in [-0.1, -0.05) is 12.1 Å². The van der Waals surface area contributed by atoms with Crippen molar-refractivity contribution in [2.75, 3.05) is 19.7 Å². The first-order valence-electron chi connectivity index (χ1n) is 7.54. The smallest absolute Gasteiger partial charge is 0.269 e. The molecule has 2 aliphatic rings. The molecule has 1 N–H and O–H groups in total. The van der Waals surface area contributed by atoms with Gasteiger partial charge in [0.15, 0.2) is 0 Å². The first-order valence-corrected chi connectivity index (χ1v) is 8.98. The van der Waals surface area contributed by atoms with Crippen LogP contribution in [0, 0.1) is 0 Å². The maximum absolute atomic E-state index is 12.3. The molecule has 0 saturated carbocycles. The number of hydrogen-bond acceptors (Lipinski definition) is 5. The van der Waals surface area contributed by atoms with E-state index in [4.69, 9.17) is 4.74 Å². The number of nitrogens with one attached hydrogen (secondary N) is 1. The average molecular weight is 338 g/mol. The molecule has 23 heavy (non-hydrogen) atoms. The zero-order valence-electron chi connectivity index (χ0n) is 12.5. The van der Waals surface area contributed by atoms with Crippen molar-refractivity contribution in [2.45, 2.75) is 30.3 Å². The Hall–Kier alpha value is -1.93. The highest BCUT2D eigenvalue weighted by atomic mass is 32.2. The zero-order chi connectivity index (χ0) is 16.4. The molecule has 0 radical (unpaired) electrons. The van der Waals surface area contributed by atoms with Gasteiger partial charge in [0.05, 0.1) is 11.7 Å². The van der Waals surface area contributed by atoms with Crippen LogP contribution in [0.2, 0.25) is 0 Å². The topological polar surface area (TPSA) is 92.8 Å². The lowest BCUT2D eigenvalue weighted by Gasteiger charge is -2.15. The first kappa shape index (κ1) is 15.9. The molecule has 0 aliphatic carbocycles. The van der Waals surface area contributed by atoms with Crippen LogP contribution in [0.15, 0.2) is 29.2 Å². The number of ether oxygens (including phenoxy) is 1. The fourth-order valence-corrected chi connectivity index (χ4v) is 4.35. The number of benzene rings is 1. The third-order valence-corrected chi connectivity index (χ3v) is 5.85. The van der Waals surface area contributed by atoms with Gasteiger partial charge in [-0.15, -0.1) is 0 Å². The van der Waals surface area contributed by atoms with Crippen molar-refractivity contribution >= 4 is 21.8 Å². The molecule has 2 aliphatic heterocycles. The van der Waals surface area contributed by atoms with E-state index in [2.05, 4.69) is 5.32 Å². The third kappa shape index (κ3) is 3.09. The molecule has 3 rings (SSSR count). The number of rotatable bonds is 5.